The van der Waals surface area contributed by atoms with Crippen molar-refractivity contribution < 1.29 is 16.9 Å². The van der Waals surface area contributed by atoms with Crippen molar-refractivity contribution >= 4 is 0 Å². The van der Waals surface area contributed by atoms with Crippen molar-refractivity contribution in [2.45, 2.75) is 58.3 Å². The van der Waals surface area contributed by atoms with Gasteiger partial charge in [-0.15, -0.1) is 0 Å². The third kappa shape index (κ3) is 3.63. The Balaban J connectivity index is 0.00000128. The van der Waals surface area contributed by atoms with Gasteiger partial charge in [-0.05, 0) is 38.0 Å². The zero-order chi connectivity index (χ0) is 10.6. The molecule has 0 aromatic rings. The van der Waals surface area contributed by atoms with Gasteiger partial charge < -0.3 is 16.9 Å². The lowest BCUT2D eigenvalue weighted by Gasteiger charge is -2.49. The van der Waals surface area contributed by atoms with Crippen LogP contribution in [0.5, 0.6) is 0 Å². The maximum absolute atomic E-state index is 2.30. The van der Waals surface area contributed by atoms with Crippen LogP contribution in [0.2, 0.25) is 0 Å². The number of hydrogen-bond acceptors (Lipinski definition) is 0. The first-order valence-corrected chi connectivity index (χ1v) is 7.20. The molecule has 3 aliphatic rings. The van der Waals surface area contributed by atoms with Gasteiger partial charge in [0, 0.05) is 0 Å². The van der Waals surface area contributed by atoms with Crippen molar-refractivity contribution in [3.63, 3.8) is 0 Å². The molecule has 0 spiro atoms. The predicted molar refractivity (Wildman–Crippen MR) is 65.8 cm³/mol. The van der Waals surface area contributed by atoms with Crippen LogP contribution in [-0.2, 0) is 0 Å². The summed E-state index contributed by atoms with van der Waals surface area (Å²) in [6.45, 7) is 8.34. The van der Waals surface area contributed by atoms with E-state index in [1.54, 1.807) is 0 Å². The summed E-state index contributed by atoms with van der Waals surface area (Å²) in [4.78, 5) is 0. The van der Waals surface area contributed by atoms with E-state index in [0.717, 1.165) is 5.92 Å². The summed E-state index contributed by atoms with van der Waals surface area (Å²) < 4.78 is 1.50. The Morgan fingerprint density at radius 1 is 0.875 bits per heavy atom. The summed E-state index contributed by atoms with van der Waals surface area (Å²) >= 11 is 0. The second-order valence-corrected chi connectivity index (χ2v) is 5.88. The van der Waals surface area contributed by atoms with Crippen LogP contribution in [0.3, 0.4) is 0 Å². The molecule has 16 heavy (non-hydrogen) atoms. The van der Waals surface area contributed by atoms with Crippen LogP contribution in [0.15, 0.2) is 0 Å². The molecule has 0 saturated carbocycles. The molecule has 0 aromatic carbocycles. The Hall–Kier alpha value is 0.250. The molecular formula is C14H28ClN. The average molecular weight is 246 g/mol. The molecule has 0 unspecified atom stereocenters. The summed E-state index contributed by atoms with van der Waals surface area (Å²) in [6.07, 6.45) is 11.9. The molecule has 0 aromatic heterocycles. The molecule has 96 valence electrons. The predicted octanol–water partition coefficient (Wildman–Crippen LogP) is 0.591. The molecule has 3 fully saturated rings. The Morgan fingerprint density at radius 3 is 2.00 bits per heavy atom. The summed E-state index contributed by atoms with van der Waals surface area (Å²) in [5, 5.41) is 0. The molecule has 3 saturated heterocycles. The summed E-state index contributed by atoms with van der Waals surface area (Å²) in [7, 11) is 0. The fourth-order valence-electron chi connectivity index (χ4n) is 3.52. The van der Waals surface area contributed by atoms with Crippen LogP contribution in [0.4, 0.5) is 0 Å². The zero-order valence-electron chi connectivity index (χ0n) is 10.9. The van der Waals surface area contributed by atoms with Crippen LogP contribution < -0.4 is 12.4 Å². The van der Waals surface area contributed by atoms with E-state index in [1.165, 1.54) is 82.0 Å². The van der Waals surface area contributed by atoms with Crippen LogP contribution in [-0.4, -0.2) is 30.7 Å². The molecule has 1 nitrogen and oxygen atoms in total. The van der Waals surface area contributed by atoms with Gasteiger partial charge in [0.25, 0.3) is 0 Å². The van der Waals surface area contributed by atoms with E-state index in [9.17, 15) is 0 Å². The number of fused-ring (bicyclic) bond motifs is 3. The smallest absolute Gasteiger partial charge is 0.0789 e. The standard InChI is InChI=1S/C14H28N.ClH/c1-2-3-4-5-6-10-15-11-7-14(8-12-15)9-13-15;/h14H,2-13H2,1H3;1H/q+1;/p-1. The van der Waals surface area contributed by atoms with Gasteiger partial charge in [-0.2, -0.15) is 0 Å². The quantitative estimate of drug-likeness (QED) is 0.475. The van der Waals surface area contributed by atoms with Crippen molar-refractivity contribution in [1.82, 2.24) is 0 Å². The molecule has 0 amide bonds. The number of unbranched alkanes of at least 4 members (excludes halogenated alkanes) is 4. The number of quaternary nitrogens is 1. The monoisotopic (exact) mass is 245 g/mol. The maximum Gasteiger partial charge on any atom is 0.0789 e. The van der Waals surface area contributed by atoms with E-state index >= 15 is 0 Å². The number of rotatable bonds is 6. The molecule has 0 radical (unpaired) electrons. The van der Waals surface area contributed by atoms with Gasteiger partial charge in [-0.3, -0.25) is 0 Å². The van der Waals surface area contributed by atoms with Gasteiger partial charge in [-0.1, -0.05) is 26.2 Å². The fraction of sp³-hybridized carbons (Fsp3) is 1.00. The Labute approximate surface area is 108 Å². The van der Waals surface area contributed by atoms with Crippen molar-refractivity contribution in [3.05, 3.63) is 0 Å². The summed E-state index contributed by atoms with van der Waals surface area (Å²) in [5.41, 5.74) is 0. The number of piperidine rings is 3. The topological polar surface area (TPSA) is 0 Å². The molecule has 2 heteroatoms. The Kier molecular flexibility index (Phi) is 6.13. The fourth-order valence-corrected chi connectivity index (χ4v) is 3.52. The van der Waals surface area contributed by atoms with Gasteiger partial charge in [0.2, 0.25) is 0 Å². The third-order valence-electron chi connectivity index (χ3n) is 4.77. The minimum atomic E-state index is 0. The van der Waals surface area contributed by atoms with Crippen molar-refractivity contribution in [2.75, 3.05) is 26.2 Å². The van der Waals surface area contributed by atoms with Gasteiger partial charge >= 0.3 is 0 Å². The summed E-state index contributed by atoms with van der Waals surface area (Å²) in [5.74, 6) is 1.12. The molecule has 3 heterocycles. The van der Waals surface area contributed by atoms with E-state index in [1.807, 2.05) is 0 Å². The first kappa shape index (κ1) is 14.3. The minimum absolute atomic E-state index is 0. The van der Waals surface area contributed by atoms with E-state index in [-0.39, 0.29) is 12.4 Å². The molecule has 3 aliphatic heterocycles. The van der Waals surface area contributed by atoms with Crippen LogP contribution in [0.1, 0.15) is 58.3 Å². The Bertz CT molecular complexity index is 171. The van der Waals surface area contributed by atoms with Crippen LogP contribution in [0, 0.1) is 5.92 Å². The first-order valence-electron chi connectivity index (χ1n) is 7.20. The van der Waals surface area contributed by atoms with Crippen molar-refractivity contribution in [1.29, 1.82) is 0 Å². The van der Waals surface area contributed by atoms with Gasteiger partial charge in [-0.25, -0.2) is 0 Å². The largest absolute Gasteiger partial charge is 1.00 e. The molecular weight excluding hydrogens is 218 g/mol. The Morgan fingerprint density at radius 2 is 1.44 bits per heavy atom. The minimum Gasteiger partial charge on any atom is -1.00 e. The molecule has 0 aliphatic carbocycles. The third-order valence-corrected chi connectivity index (χ3v) is 4.77. The van der Waals surface area contributed by atoms with Gasteiger partial charge in [0.05, 0.1) is 26.2 Å². The van der Waals surface area contributed by atoms with E-state index in [4.69, 9.17) is 0 Å². The highest BCUT2D eigenvalue weighted by molar-refractivity contribution is 4.71. The van der Waals surface area contributed by atoms with Crippen LogP contribution in [0.25, 0.3) is 0 Å². The highest BCUT2D eigenvalue weighted by Crippen LogP contribution is 2.33. The second-order valence-electron chi connectivity index (χ2n) is 5.88. The molecule has 0 N–H and O–H groups in total. The lowest BCUT2D eigenvalue weighted by molar-refractivity contribution is -0.942. The van der Waals surface area contributed by atoms with E-state index in [0.29, 0.717) is 0 Å². The molecule has 0 atom stereocenters. The van der Waals surface area contributed by atoms with Gasteiger partial charge in [0.15, 0.2) is 0 Å². The first-order chi connectivity index (χ1) is 7.35. The number of nitrogens with zero attached hydrogens (tertiary/aromatic N) is 1. The average Bonchev–Trinajstić information content (AvgIpc) is 2.31. The second kappa shape index (κ2) is 6.86. The SMILES string of the molecule is CCCCCCC[N+]12CCC(CC1)CC2.[Cl-]. The van der Waals surface area contributed by atoms with Gasteiger partial charge in [0.1, 0.15) is 0 Å². The molecule has 2 bridgehead atoms. The molecule has 3 rings (SSSR count). The van der Waals surface area contributed by atoms with Crippen molar-refractivity contribution in [3.8, 4) is 0 Å². The number of halogens is 1. The number of hydrogen-bond donors (Lipinski definition) is 0. The zero-order valence-corrected chi connectivity index (χ0v) is 11.6. The highest BCUT2D eigenvalue weighted by atomic mass is 35.5. The summed E-state index contributed by atoms with van der Waals surface area (Å²) in [6, 6.07) is 0. The maximum atomic E-state index is 2.30. The lowest BCUT2D eigenvalue weighted by atomic mass is 9.85. The van der Waals surface area contributed by atoms with E-state index < -0.39 is 0 Å². The highest BCUT2D eigenvalue weighted by Gasteiger charge is 2.38. The van der Waals surface area contributed by atoms with Crippen LogP contribution >= 0.6 is 0 Å². The lowest BCUT2D eigenvalue weighted by Crippen LogP contribution is -3.00. The van der Waals surface area contributed by atoms with E-state index in [2.05, 4.69) is 6.92 Å². The van der Waals surface area contributed by atoms with Crippen molar-refractivity contribution in [2.24, 2.45) is 5.92 Å². The normalized spacial score (nSPS) is 32.4.